The minimum absolute atomic E-state index is 0.0385. The van der Waals surface area contributed by atoms with Gasteiger partial charge in [-0.25, -0.2) is 0 Å². The summed E-state index contributed by atoms with van der Waals surface area (Å²) in [6.07, 6.45) is 0. The number of ether oxygens (including phenoxy) is 1. The maximum absolute atomic E-state index is 5.89. The molecule has 0 fully saturated rings. The number of nitrogens with one attached hydrogen (secondary N) is 1. The highest BCUT2D eigenvalue weighted by atomic mass is 35.5. The van der Waals surface area contributed by atoms with Crippen molar-refractivity contribution in [3.8, 4) is 5.75 Å². The Morgan fingerprint density at radius 2 is 1.95 bits per heavy atom. The lowest BCUT2D eigenvalue weighted by molar-refractivity contribution is 0.339. The normalized spacial score (nSPS) is 11.9. The predicted molar refractivity (Wildman–Crippen MR) is 84.5 cm³/mol. The van der Waals surface area contributed by atoms with Crippen molar-refractivity contribution < 1.29 is 4.74 Å². The second-order valence-electron chi connectivity index (χ2n) is 4.45. The fourth-order valence-electron chi connectivity index (χ4n) is 2.01. The Bertz CT molecular complexity index is 542. The molecule has 0 aliphatic heterocycles. The lowest BCUT2D eigenvalue weighted by Gasteiger charge is -2.19. The lowest BCUT2D eigenvalue weighted by atomic mass is 10.1. The van der Waals surface area contributed by atoms with Crippen LogP contribution in [0.5, 0.6) is 5.75 Å². The zero-order valence-electron chi connectivity index (χ0n) is 11.5. The molecule has 4 heteroatoms. The molecule has 1 atom stereocenters. The molecule has 0 bridgehead atoms. The highest BCUT2D eigenvalue weighted by Crippen LogP contribution is 2.23. The van der Waals surface area contributed by atoms with Crippen LogP contribution < -0.4 is 15.8 Å². The summed E-state index contributed by atoms with van der Waals surface area (Å²) < 4.78 is 5.52. The third-order valence-corrected chi connectivity index (χ3v) is 3.24. The first-order chi connectivity index (χ1) is 9.72. The Balaban J connectivity index is 2.15. The minimum Gasteiger partial charge on any atom is -0.494 e. The fourth-order valence-corrected chi connectivity index (χ4v) is 2.14. The molecule has 0 radical (unpaired) electrons. The molecule has 20 heavy (non-hydrogen) atoms. The van der Waals surface area contributed by atoms with Crippen molar-refractivity contribution in [3.63, 3.8) is 0 Å². The molecule has 0 heterocycles. The molecule has 1 unspecified atom stereocenters. The number of benzene rings is 2. The Labute approximate surface area is 124 Å². The Hall–Kier alpha value is -1.71. The van der Waals surface area contributed by atoms with Gasteiger partial charge in [0.1, 0.15) is 5.75 Å². The first kappa shape index (κ1) is 14.7. The van der Waals surface area contributed by atoms with E-state index in [1.165, 1.54) is 0 Å². The molecular formula is C16H19ClN2O. The molecule has 2 rings (SSSR count). The molecule has 0 aliphatic rings. The maximum atomic E-state index is 5.89. The first-order valence-electron chi connectivity index (χ1n) is 6.68. The monoisotopic (exact) mass is 290 g/mol. The van der Waals surface area contributed by atoms with Gasteiger partial charge in [0.15, 0.2) is 0 Å². The third-order valence-electron chi connectivity index (χ3n) is 2.99. The van der Waals surface area contributed by atoms with Gasteiger partial charge in [0.25, 0.3) is 0 Å². The molecule has 3 nitrogen and oxygen atoms in total. The zero-order valence-corrected chi connectivity index (χ0v) is 12.2. The van der Waals surface area contributed by atoms with Crippen molar-refractivity contribution in [2.45, 2.75) is 13.0 Å². The van der Waals surface area contributed by atoms with E-state index in [1.54, 1.807) is 0 Å². The fraction of sp³-hybridized carbons (Fsp3) is 0.250. The van der Waals surface area contributed by atoms with Crippen LogP contribution in [-0.2, 0) is 0 Å². The smallest absolute Gasteiger partial charge is 0.119 e. The van der Waals surface area contributed by atoms with E-state index >= 15 is 0 Å². The van der Waals surface area contributed by atoms with E-state index in [0.717, 1.165) is 22.0 Å². The summed E-state index contributed by atoms with van der Waals surface area (Å²) in [6.45, 7) is 3.12. The van der Waals surface area contributed by atoms with Crippen LogP contribution in [0, 0.1) is 0 Å². The van der Waals surface area contributed by atoms with Crippen LogP contribution in [0.3, 0.4) is 0 Å². The standard InChI is InChI=1S/C16H19ClN2O/c1-2-20-15-5-3-4-12(10-15)16(11-18)19-14-8-6-13(17)7-9-14/h3-10,16,19H,2,11,18H2,1H3. The summed E-state index contributed by atoms with van der Waals surface area (Å²) in [5.41, 5.74) is 7.97. The summed E-state index contributed by atoms with van der Waals surface area (Å²) in [5.74, 6) is 0.862. The van der Waals surface area contributed by atoms with E-state index in [1.807, 2.05) is 55.5 Å². The van der Waals surface area contributed by atoms with Crippen molar-refractivity contribution in [1.29, 1.82) is 0 Å². The van der Waals surface area contributed by atoms with Gasteiger partial charge in [-0.2, -0.15) is 0 Å². The van der Waals surface area contributed by atoms with E-state index < -0.39 is 0 Å². The van der Waals surface area contributed by atoms with Crippen LogP contribution in [-0.4, -0.2) is 13.2 Å². The second kappa shape index (κ2) is 7.17. The summed E-state index contributed by atoms with van der Waals surface area (Å²) >= 11 is 5.89. The largest absolute Gasteiger partial charge is 0.494 e. The maximum Gasteiger partial charge on any atom is 0.119 e. The van der Waals surface area contributed by atoms with E-state index in [9.17, 15) is 0 Å². The van der Waals surface area contributed by atoms with Gasteiger partial charge in [-0.3, -0.25) is 0 Å². The van der Waals surface area contributed by atoms with Crippen LogP contribution in [0.2, 0.25) is 5.02 Å². The molecule has 2 aromatic rings. The van der Waals surface area contributed by atoms with Crippen molar-refractivity contribution in [1.82, 2.24) is 0 Å². The average molecular weight is 291 g/mol. The molecule has 0 amide bonds. The van der Waals surface area contributed by atoms with Crippen LogP contribution >= 0.6 is 11.6 Å². The van der Waals surface area contributed by atoms with Crippen molar-refractivity contribution >= 4 is 17.3 Å². The van der Waals surface area contributed by atoms with E-state index in [0.29, 0.717) is 13.2 Å². The summed E-state index contributed by atoms with van der Waals surface area (Å²) in [5, 5.41) is 4.12. The molecule has 0 saturated heterocycles. The number of hydrogen-bond acceptors (Lipinski definition) is 3. The van der Waals surface area contributed by atoms with Gasteiger partial charge in [0.05, 0.1) is 12.6 Å². The topological polar surface area (TPSA) is 47.3 Å². The van der Waals surface area contributed by atoms with Crippen LogP contribution in [0.1, 0.15) is 18.5 Å². The van der Waals surface area contributed by atoms with Crippen molar-refractivity contribution in [2.24, 2.45) is 5.73 Å². The Morgan fingerprint density at radius 1 is 1.20 bits per heavy atom. The highest BCUT2D eigenvalue weighted by molar-refractivity contribution is 6.30. The average Bonchev–Trinajstić information content (AvgIpc) is 2.47. The van der Waals surface area contributed by atoms with E-state index in [-0.39, 0.29) is 6.04 Å². The Morgan fingerprint density at radius 3 is 2.60 bits per heavy atom. The van der Waals surface area contributed by atoms with Gasteiger partial charge < -0.3 is 15.8 Å². The van der Waals surface area contributed by atoms with Gasteiger partial charge in [0, 0.05) is 17.3 Å². The molecule has 3 N–H and O–H groups in total. The van der Waals surface area contributed by atoms with E-state index in [2.05, 4.69) is 5.32 Å². The van der Waals surface area contributed by atoms with Gasteiger partial charge in [0.2, 0.25) is 0 Å². The lowest BCUT2D eigenvalue weighted by Crippen LogP contribution is -2.20. The van der Waals surface area contributed by atoms with Gasteiger partial charge >= 0.3 is 0 Å². The number of anilines is 1. The highest BCUT2D eigenvalue weighted by Gasteiger charge is 2.10. The minimum atomic E-state index is 0.0385. The molecule has 0 aromatic heterocycles. The summed E-state index contributed by atoms with van der Waals surface area (Å²) in [7, 11) is 0. The first-order valence-corrected chi connectivity index (χ1v) is 7.05. The van der Waals surface area contributed by atoms with Crippen LogP contribution in [0.4, 0.5) is 5.69 Å². The predicted octanol–water partition coefficient (Wildman–Crippen LogP) is 3.85. The van der Waals surface area contributed by atoms with Crippen LogP contribution in [0.15, 0.2) is 48.5 Å². The molecular weight excluding hydrogens is 272 g/mol. The second-order valence-corrected chi connectivity index (χ2v) is 4.88. The summed E-state index contributed by atoms with van der Waals surface area (Å²) in [6, 6.07) is 15.6. The van der Waals surface area contributed by atoms with Gasteiger partial charge in [-0.1, -0.05) is 23.7 Å². The van der Waals surface area contributed by atoms with E-state index in [4.69, 9.17) is 22.1 Å². The SMILES string of the molecule is CCOc1cccc(C(CN)Nc2ccc(Cl)cc2)c1. The van der Waals surface area contributed by atoms with Crippen molar-refractivity contribution in [2.75, 3.05) is 18.5 Å². The van der Waals surface area contributed by atoms with Gasteiger partial charge in [-0.15, -0.1) is 0 Å². The number of hydrogen-bond donors (Lipinski definition) is 2. The quantitative estimate of drug-likeness (QED) is 0.849. The molecule has 0 aliphatic carbocycles. The molecule has 0 saturated carbocycles. The zero-order chi connectivity index (χ0) is 14.4. The molecule has 106 valence electrons. The summed E-state index contributed by atoms with van der Waals surface area (Å²) in [4.78, 5) is 0. The molecule has 0 spiro atoms. The van der Waals surface area contributed by atoms with Crippen LogP contribution in [0.25, 0.3) is 0 Å². The number of nitrogens with two attached hydrogens (primary N) is 1. The van der Waals surface area contributed by atoms with Gasteiger partial charge in [-0.05, 0) is 48.9 Å². The Kier molecular flexibility index (Phi) is 5.27. The number of halogens is 1. The third kappa shape index (κ3) is 3.89. The molecule has 2 aromatic carbocycles. The number of rotatable bonds is 6. The van der Waals surface area contributed by atoms with Crippen molar-refractivity contribution in [3.05, 3.63) is 59.1 Å².